The number of carbonyl (C=O) groups excluding carboxylic acids is 1. The van der Waals surface area contributed by atoms with Crippen LogP contribution in [0.25, 0.3) is 34.4 Å². The molecule has 7 heteroatoms. The molecule has 7 nitrogen and oxygen atoms in total. The van der Waals surface area contributed by atoms with Gasteiger partial charge in [0.15, 0.2) is 5.65 Å². The molecule has 2 aliphatic heterocycles. The minimum absolute atomic E-state index is 0.0111. The van der Waals surface area contributed by atoms with Crippen molar-refractivity contribution >= 4 is 29.1 Å². The fraction of sp³-hybridized carbons (Fsp3) is 0.250. The summed E-state index contributed by atoms with van der Waals surface area (Å²) in [6.45, 7) is 3.51. The first-order valence-electron chi connectivity index (χ1n) is 12.0. The van der Waals surface area contributed by atoms with Gasteiger partial charge in [-0.1, -0.05) is 36.4 Å². The van der Waals surface area contributed by atoms with Crippen molar-refractivity contribution in [2.75, 3.05) is 26.2 Å². The number of fused-ring (bicyclic) bond motifs is 1. The Balaban J connectivity index is 1.44. The summed E-state index contributed by atoms with van der Waals surface area (Å²) in [6, 6.07) is 18.7. The predicted octanol–water partition coefficient (Wildman–Crippen LogP) is 4.33. The number of pyridine rings is 1. The second kappa shape index (κ2) is 8.67. The third-order valence-corrected chi connectivity index (χ3v) is 7.25. The number of carbonyl (C=O) groups is 1. The van der Waals surface area contributed by atoms with Gasteiger partial charge in [0.05, 0.1) is 22.3 Å². The highest BCUT2D eigenvalue weighted by Crippen LogP contribution is 2.37. The van der Waals surface area contributed by atoms with Gasteiger partial charge in [-0.15, -0.1) is 0 Å². The highest BCUT2D eigenvalue weighted by atomic mass is 16.3. The molecule has 176 valence electrons. The van der Waals surface area contributed by atoms with Crippen molar-refractivity contribution in [1.29, 1.82) is 0 Å². The van der Waals surface area contributed by atoms with Gasteiger partial charge in [-0.25, -0.2) is 4.98 Å². The molecule has 35 heavy (non-hydrogen) atoms. The van der Waals surface area contributed by atoms with Gasteiger partial charge < -0.3 is 15.3 Å². The monoisotopic (exact) mass is 465 g/mol. The lowest BCUT2D eigenvalue weighted by molar-refractivity contribution is 0.0777. The number of hydrogen-bond donors (Lipinski definition) is 3. The Labute approximate surface area is 203 Å². The van der Waals surface area contributed by atoms with Gasteiger partial charge in [0.2, 0.25) is 0 Å². The molecule has 6 rings (SSSR count). The second-order valence-corrected chi connectivity index (χ2v) is 9.59. The number of rotatable bonds is 4. The van der Waals surface area contributed by atoms with Crippen LogP contribution in [0, 0.1) is 5.41 Å². The van der Waals surface area contributed by atoms with E-state index in [4.69, 9.17) is 4.98 Å². The second-order valence-electron chi connectivity index (χ2n) is 9.59. The van der Waals surface area contributed by atoms with E-state index in [9.17, 15) is 9.90 Å². The SMILES string of the molecule is O=C(c1cc(-c2ccc(O)cc2)nc2n[nH]c(C=Cc3ccccc3)c12)N1CCC2(CCNC2)C1. The van der Waals surface area contributed by atoms with Crippen molar-refractivity contribution in [2.45, 2.75) is 12.8 Å². The Kier molecular flexibility index (Phi) is 5.34. The summed E-state index contributed by atoms with van der Waals surface area (Å²) in [5.41, 5.74) is 4.59. The summed E-state index contributed by atoms with van der Waals surface area (Å²) < 4.78 is 0. The van der Waals surface area contributed by atoms with E-state index in [1.54, 1.807) is 24.3 Å². The van der Waals surface area contributed by atoms with Gasteiger partial charge in [-0.3, -0.25) is 9.89 Å². The molecular formula is C28H27N5O2. The third kappa shape index (κ3) is 4.08. The molecule has 1 unspecified atom stereocenters. The molecule has 0 radical (unpaired) electrons. The van der Waals surface area contributed by atoms with Crippen LogP contribution in [-0.2, 0) is 0 Å². The maximum absolute atomic E-state index is 13.9. The summed E-state index contributed by atoms with van der Waals surface area (Å²) in [4.78, 5) is 20.7. The zero-order chi connectivity index (χ0) is 23.8. The van der Waals surface area contributed by atoms with Crippen LogP contribution in [0.5, 0.6) is 5.75 Å². The Hall–Kier alpha value is -3.97. The van der Waals surface area contributed by atoms with E-state index in [0.29, 0.717) is 16.9 Å². The lowest BCUT2D eigenvalue weighted by atomic mass is 9.86. The van der Waals surface area contributed by atoms with Crippen molar-refractivity contribution in [3.63, 3.8) is 0 Å². The largest absolute Gasteiger partial charge is 0.508 e. The first-order chi connectivity index (χ1) is 17.1. The van der Waals surface area contributed by atoms with E-state index >= 15 is 0 Å². The van der Waals surface area contributed by atoms with Crippen LogP contribution < -0.4 is 5.32 Å². The lowest BCUT2D eigenvalue weighted by Gasteiger charge is -2.23. The molecule has 2 fully saturated rings. The Morgan fingerprint density at radius 3 is 2.66 bits per heavy atom. The molecule has 2 aromatic carbocycles. The highest BCUT2D eigenvalue weighted by Gasteiger charge is 2.42. The molecule has 0 aliphatic carbocycles. The van der Waals surface area contributed by atoms with E-state index in [0.717, 1.165) is 61.2 Å². The maximum atomic E-state index is 13.9. The van der Waals surface area contributed by atoms with Crippen molar-refractivity contribution in [1.82, 2.24) is 25.4 Å². The first-order valence-corrected chi connectivity index (χ1v) is 12.0. The lowest BCUT2D eigenvalue weighted by Crippen LogP contribution is -2.33. The molecule has 2 aromatic heterocycles. The van der Waals surface area contributed by atoms with Crippen LogP contribution >= 0.6 is 0 Å². The van der Waals surface area contributed by atoms with E-state index in [-0.39, 0.29) is 17.1 Å². The van der Waals surface area contributed by atoms with Gasteiger partial charge >= 0.3 is 0 Å². The maximum Gasteiger partial charge on any atom is 0.254 e. The Morgan fingerprint density at radius 2 is 1.89 bits per heavy atom. The number of phenolic OH excluding ortho intramolecular Hbond substituents is 1. The average molecular weight is 466 g/mol. The molecule has 4 aromatic rings. The molecule has 1 amide bonds. The molecule has 2 aliphatic rings. The summed E-state index contributed by atoms with van der Waals surface area (Å²) >= 11 is 0. The topological polar surface area (TPSA) is 94.1 Å². The van der Waals surface area contributed by atoms with Gasteiger partial charge in [-0.05, 0) is 61.4 Å². The van der Waals surface area contributed by atoms with Gasteiger partial charge in [0.1, 0.15) is 5.75 Å². The number of H-pyrrole nitrogens is 1. The number of nitrogens with one attached hydrogen (secondary N) is 2. The minimum Gasteiger partial charge on any atom is -0.508 e. The zero-order valence-electron chi connectivity index (χ0n) is 19.4. The fourth-order valence-electron chi connectivity index (χ4n) is 5.28. The Bertz CT molecular complexity index is 1400. The number of aromatic hydroxyl groups is 1. The summed E-state index contributed by atoms with van der Waals surface area (Å²) in [5.74, 6) is 0.198. The number of phenols is 1. The molecule has 0 saturated carbocycles. The van der Waals surface area contributed by atoms with Gasteiger partial charge in [0.25, 0.3) is 5.91 Å². The summed E-state index contributed by atoms with van der Waals surface area (Å²) in [5, 5.41) is 21.4. The Morgan fingerprint density at radius 1 is 1.06 bits per heavy atom. The molecule has 1 atom stereocenters. The molecule has 1 spiro atoms. The van der Waals surface area contributed by atoms with Crippen LogP contribution in [0.3, 0.4) is 0 Å². The number of hydrogen-bond acceptors (Lipinski definition) is 5. The minimum atomic E-state index is 0.0111. The third-order valence-electron chi connectivity index (χ3n) is 7.25. The predicted molar refractivity (Wildman–Crippen MR) is 137 cm³/mol. The van der Waals surface area contributed by atoms with Crippen LogP contribution in [0.4, 0.5) is 0 Å². The van der Waals surface area contributed by atoms with Crippen LogP contribution in [-0.4, -0.2) is 57.3 Å². The molecule has 4 heterocycles. The molecule has 3 N–H and O–H groups in total. The van der Waals surface area contributed by atoms with Crippen LogP contribution in [0.15, 0.2) is 60.7 Å². The van der Waals surface area contributed by atoms with E-state index in [1.807, 2.05) is 53.5 Å². The van der Waals surface area contributed by atoms with Gasteiger partial charge in [-0.2, -0.15) is 5.10 Å². The van der Waals surface area contributed by atoms with E-state index in [1.165, 1.54) is 0 Å². The number of likely N-dealkylation sites (tertiary alicyclic amines) is 1. The van der Waals surface area contributed by atoms with Crippen LogP contribution in [0.1, 0.15) is 34.5 Å². The molecular weight excluding hydrogens is 438 g/mol. The summed E-state index contributed by atoms with van der Waals surface area (Å²) in [7, 11) is 0. The first kappa shape index (κ1) is 21.6. The number of benzene rings is 2. The van der Waals surface area contributed by atoms with Crippen molar-refractivity contribution in [3.8, 4) is 17.0 Å². The van der Waals surface area contributed by atoms with E-state index in [2.05, 4.69) is 15.5 Å². The average Bonchev–Trinajstić information content (AvgIpc) is 3.64. The number of aromatic amines is 1. The molecule has 0 bridgehead atoms. The number of aromatic nitrogens is 3. The normalized spacial score (nSPS) is 19.9. The van der Waals surface area contributed by atoms with E-state index < -0.39 is 0 Å². The number of nitrogens with zero attached hydrogens (tertiary/aromatic N) is 3. The van der Waals surface area contributed by atoms with Crippen molar-refractivity contribution in [3.05, 3.63) is 77.5 Å². The molecule has 2 saturated heterocycles. The van der Waals surface area contributed by atoms with Crippen LogP contribution in [0.2, 0.25) is 0 Å². The fourth-order valence-corrected chi connectivity index (χ4v) is 5.28. The zero-order valence-corrected chi connectivity index (χ0v) is 19.4. The quantitative estimate of drug-likeness (QED) is 0.417. The number of amides is 1. The summed E-state index contributed by atoms with van der Waals surface area (Å²) in [6.07, 6.45) is 6.09. The highest BCUT2D eigenvalue weighted by molar-refractivity contribution is 6.09. The standard InChI is InChI=1S/C28H27N5O2/c34-21-9-7-20(8-10-21)24-16-22(27(35)33-15-13-28(18-33)12-14-29-17-28)25-23(31-32-26(25)30-24)11-6-19-4-2-1-3-5-19/h1-11,16,29,34H,12-15,17-18H2,(H,30,31,32). The smallest absolute Gasteiger partial charge is 0.254 e. The van der Waals surface area contributed by atoms with Crippen molar-refractivity contribution < 1.29 is 9.90 Å². The van der Waals surface area contributed by atoms with Gasteiger partial charge in [0, 0.05) is 30.6 Å². The van der Waals surface area contributed by atoms with Crippen molar-refractivity contribution in [2.24, 2.45) is 5.41 Å².